The number of rotatable bonds is 2. The third-order valence-electron chi connectivity index (χ3n) is 2.79. The molecule has 2 heterocycles. The number of anilines is 2. The van der Waals surface area contributed by atoms with Crippen LogP contribution in [0.4, 0.5) is 11.5 Å². The maximum Gasteiger partial charge on any atom is 0.180 e. The maximum atomic E-state index is 4.44. The first kappa shape index (κ1) is 12.6. The van der Waals surface area contributed by atoms with Gasteiger partial charge in [-0.3, -0.25) is 0 Å². The summed E-state index contributed by atoms with van der Waals surface area (Å²) in [6, 6.07) is 6.05. The van der Waals surface area contributed by atoms with E-state index in [1.807, 2.05) is 28.9 Å². The molecule has 0 bridgehead atoms. The van der Waals surface area contributed by atoms with E-state index in [9.17, 15) is 0 Å². The number of aromatic nitrogens is 3. The molecular weight excluding hydrogens is 372 g/mol. The summed E-state index contributed by atoms with van der Waals surface area (Å²) in [7, 11) is 0. The van der Waals surface area contributed by atoms with Crippen molar-refractivity contribution < 1.29 is 0 Å². The number of aryl methyl sites for hydroxylation is 1. The summed E-state index contributed by atoms with van der Waals surface area (Å²) in [4.78, 5) is 8.75. The van der Waals surface area contributed by atoms with Crippen molar-refractivity contribution in [2.75, 3.05) is 5.32 Å². The summed E-state index contributed by atoms with van der Waals surface area (Å²) in [5, 5.41) is 3.31. The van der Waals surface area contributed by atoms with Gasteiger partial charge in [0.15, 0.2) is 11.5 Å². The van der Waals surface area contributed by atoms with Gasteiger partial charge in [-0.05, 0) is 50.4 Å². The predicted molar refractivity (Wildman–Crippen MR) is 82.8 cm³/mol. The van der Waals surface area contributed by atoms with Crippen LogP contribution in [0.25, 0.3) is 5.65 Å². The lowest BCUT2D eigenvalue weighted by molar-refractivity contribution is 1.10. The molecule has 0 unspecified atom stereocenters. The second-order valence-electron chi connectivity index (χ2n) is 4.13. The standard InChI is InChI=1S/C13H10Br2N4/c1-8-3-2-4-9(11(8)15)17-12-13-16-5-6-19(13)7-10(14)18-12/h2-7H,1H3,(H,17,18). The predicted octanol–water partition coefficient (Wildman–Crippen LogP) is 4.31. The van der Waals surface area contributed by atoms with Gasteiger partial charge in [0.25, 0.3) is 0 Å². The molecule has 0 saturated heterocycles. The van der Waals surface area contributed by atoms with Gasteiger partial charge in [-0.25, -0.2) is 9.97 Å². The first-order chi connectivity index (χ1) is 9.15. The topological polar surface area (TPSA) is 42.2 Å². The van der Waals surface area contributed by atoms with Crippen molar-refractivity contribution in [1.82, 2.24) is 14.4 Å². The van der Waals surface area contributed by atoms with Crippen LogP contribution in [0.15, 0.2) is 45.9 Å². The van der Waals surface area contributed by atoms with Gasteiger partial charge in [0, 0.05) is 23.1 Å². The van der Waals surface area contributed by atoms with Crippen molar-refractivity contribution in [2.45, 2.75) is 6.92 Å². The quantitative estimate of drug-likeness (QED) is 0.719. The van der Waals surface area contributed by atoms with Crippen LogP contribution in [0, 0.1) is 6.92 Å². The molecule has 0 saturated carbocycles. The molecule has 2 aromatic heterocycles. The number of hydrogen-bond acceptors (Lipinski definition) is 3. The molecule has 0 aliphatic rings. The lowest BCUT2D eigenvalue weighted by atomic mass is 10.2. The zero-order chi connectivity index (χ0) is 13.4. The molecule has 6 heteroatoms. The molecule has 0 spiro atoms. The van der Waals surface area contributed by atoms with Crippen molar-refractivity contribution in [3.8, 4) is 0 Å². The summed E-state index contributed by atoms with van der Waals surface area (Å²) in [5.74, 6) is 0.714. The van der Waals surface area contributed by atoms with Crippen molar-refractivity contribution in [3.63, 3.8) is 0 Å². The van der Waals surface area contributed by atoms with E-state index >= 15 is 0 Å². The zero-order valence-electron chi connectivity index (χ0n) is 10.1. The van der Waals surface area contributed by atoms with E-state index in [2.05, 4.69) is 60.1 Å². The van der Waals surface area contributed by atoms with Gasteiger partial charge in [0.05, 0.1) is 5.69 Å². The van der Waals surface area contributed by atoms with Gasteiger partial charge in [0.2, 0.25) is 0 Å². The van der Waals surface area contributed by atoms with Gasteiger partial charge in [-0.1, -0.05) is 12.1 Å². The first-order valence-electron chi connectivity index (χ1n) is 5.66. The Kier molecular flexibility index (Phi) is 3.28. The number of nitrogens with one attached hydrogen (secondary N) is 1. The lowest BCUT2D eigenvalue weighted by Crippen LogP contribution is -1.99. The Balaban J connectivity index is 2.10. The normalized spacial score (nSPS) is 10.9. The SMILES string of the molecule is Cc1cccc(Nc2nc(Br)cn3ccnc23)c1Br. The molecule has 3 rings (SSSR count). The number of fused-ring (bicyclic) bond motifs is 1. The molecule has 4 nitrogen and oxygen atoms in total. The minimum Gasteiger partial charge on any atom is -0.336 e. The van der Waals surface area contributed by atoms with Crippen LogP contribution in [-0.4, -0.2) is 14.4 Å². The minimum absolute atomic E-state index is 0.714. The molecular formula is C13H10Br2N4. The molecule has 0 atom stereocenters. The molecule has 3 aromatic rings. The monoisotopic (exact) mass is 380 g/mol. The maximum absolute atomic E-state index is 4.44. The van der Waals surface area contributed by atoms with Crippen LogP contribution in [0.1, 0.15) is 5.56 Å². The number of halogens is 2. The van der Waals surface area contributed by atoms with Crippen molar-refractivity contribution in [3.05, 3.63) is 51.4 Å². The van der Waals surface area contributed by atoms with Crippen molar-refractivity contribution >= 4 is 49.0 Å². The van der Waals surface area contributed by atoms with Gasteiger partial charge >= 0.3 is 0 Å². The Morgan fingerprint density at radius 3 is 2.95 bits per heavy atom. The summed E-state index contributed by atoms with van der Waals surface area (Å²) < 4.78 is 3.70. The van der Waals surface area contributed by atoms with Crippen LogP contribution in [0.3, 0.4) is 0 Å². The highest BCUT2D eigenvalue weighted by atomic mass is 79.9. The van der Waals surface area contributed by atoms with E-state index in [-0.39, 0.29) is 0 Å². The average molecular weight is 382 g/mol. The number of hydrogen-bond donors (Lipinski definition) is 1. The number of nitrogens with zero attached hydrogens (tertiary/aromatic N) is 3. The van der Waals surface area contributed by atoms with Crippen LogP contribution >= 0.6 is 31.9 Å². The van der Waals surface area contributed by atoms with E-state index in [0.29, 0.717) is 5.82 Å². The Hall–Kier alpha value is -1.40. The molecule has 0 radical (unpaired) electrons. The molecule has 0 aliphatic heterocycles. The second kappa shape index (κ2) is 4.94. The highest BCUT2D eigenvalue weighted by Crippen LogP contribution is 2.29. The van der Waals surface area contributed by atoms with Crippen LogP contribution in [-0.2, 0) is 0 Å². The number of imidazole rings is 1. The molecule has 0 aliphatic carbocycles. The summed E-state index contributed by atoms with van der Waals surface area (Å²) in [6.45, 7) is 2.05. The summed E-state index contributed by atoms with van der Waals surface area (Å²) >= 11 is 6.98. The first-order valence-corrected chi connectivity index (χ1v) is 7.25. The Morgan fingerprint density at radius 1 is 1.26 bits per heavy atom. The Labute approximate surface area is 127 Å². The molecule has 19 heavy (non-hydrogen) atoms. The highest BCUT2D eigenvalue weighted by molar-refractivity contribution is 9.10. The average Bonchev–Trinajstić information content (AvgIpc) is 2.83. The van der Waals surface area contributed by atoms with Crippen LogP contribution in [0.5, 0.6) is 0 Å². The minimum atomic E-state index is 0.714. The highest BCUT2D eigenvalue weighted by Gasteiger charge is 2.09. The Bertz CT molecular complexity index is 751. The van der Waals surface area contributed by atoms with E-state index in [1.165, 1.54) is 5.56 Å². The molecule has 96 valence electrons. The Morgan fingerprint density at radius 2 is 2.11 bits per heavy atom. The molecule has 1 N–H and O–H groups in total. The van der Waals surface area contributed by atoms with E-state index in [4.69, 9.17) is 0 Å². The van der Waals surface area contributed by atoms with Gasteiger partial charge < -0.3 is 9.72 Å². The summed E-state index contributed by atoms with van der Waals surface area (Å²) in [5.41, 5.74) is 2.92. The van der Waals surface area contributed by atoms with E-state index in [1.54, 1.807) is 6.20 Å². The second-order valence-corrected chi connectivity index (χ2v) is 5.74. The van der Waals surface area contributed by atoms with Crippen molar-refractivity contribution in [1.29, 1.82) is 0 Å². The van der Waals surface area contributed by atoms with Crippen LogP contribution < -0.4 is 5.32 Å². The fourth-order valence-corrected chi connectivity index (χ4v) is 2.62. The van der Waals surface area contributed by atoms with Gasteiger partial charge in [-0.15, -0.1) is 0 Å². The molecule has 0 fully saturated rings. The fraction of sp³-hybridized carbons (Fsp3) is 0.0769. The largest absolute Gasteiger partial charge is 0.336 e. The third kappa shape index (κ3) is 2.37. The smallest absolute Gasteiger partial charge is 0.180 e. The van der Waals surface area contributed by atoms with Gasteiger partial charge in [-0.2, -0.15) is 0 Å². The van der Waals surface area contributed by atoms with Crippen LogP contribution in [0.2, 0.25) is 0 Å². The van der Waals surface area contributed by atoms with E-state index in [0.717, 1.165) is 20.4 Å². The lowest BCUT2D eigenvalue weighted by Gasteiger charge is -2.10. The fourth-order valence-electron chi connectivity index (χ4n) is 1.86. The zero-order valence-corrected chi connectivity index (χ0v) is 13.2. The third-order valence-corrected chi connectivity index (χ3v) is 4.22. The van der Waals surface area contributed by atoms with Crippen molar-refractivity contribution in [2.24, 2.45) is 0 Å². The van der Waals surface area contributed by atoms with E-state index < -0.39 is 0 Å². The molecule has 1 aromatic carbocycles. The molecule has 0 amide bonds. The van der Waals surface area contributed by atoms with Gasteiger partial charge in [0.1, 0.15) is 4.60 Å². The summed E-state index contributed by atoms with van der Waals surface area (Å²) in [6.07, 6.45) is 5.51. The number of benzene rings is 1.